The topological polar surface area (TPSA) is 52.0 Å². The van der Waals surface area contributed by atoms with Gasteiger partial charge in [-0.25, -0.2) is 0 Å². The van der Waals surface area contributed by atoms with E-state index in [0.717, 1.165) is 36.7 Å². The van der Waals surface area contributed by atoms with Gasteiger partial charge in [0.15, 0.2) is 5.75 Å². The molecule has 0 spiro atoms. The van der Waals surface area contributed by atoms with Crippen LogP contribution in [-0.4, -0.2) is 20.3 Å². The summed E-state index contributed by atoms with van der Waals surface area (Å²) >= 11 is 0. The molecule has 2 aromatic rings. The summed E-state index contributed by atoms with van der Waals surface area (Å²) in [5.41, 5.74) is 1.03. The lowest BCUT2D eigenvalue weighted by Crippen LogP contribution is -2.35. The van der Waals surface area contributed by atoms with Crippen LogP contribution < -0.4 is 10.1 Å². The smallest absolute Gasteiger partial charge is 0.165 e. The third kappa shape index (κ3) is 5.19. The molecule has 0 bridgehead atoms. The Morgan fingerprint density at radius 2 is 2.10 bits per heavy atom. The van der Waals surface area contributed by atoms with Crippen LogP contribution in [0.4, 0.5) is 0 Å². The summed E-state index contributed by atoms with van der Waals surface area (Å²) < 4.78 is 7.71. The summed E-state index contributed by atoms with van der Waals surface area (Å²) in [6.07, 6.45) is 6.48. The molecule has 0 unspecified atom stereocenters. The number of aryl methyl sites for hydroxylation is 1. The molecule has 0 amide bonds. The number of hydrogen-bond acceptors (Lipinski definition) is 4. The van der Waals surface area contributed by atoms with Crippen LogP contribution in [0.3, 0.4) is 0 Å². The monoisotopic (exact) mass is 288 g/mol. The van der Waals surface area contributed by atoms with Crippen LogP contribution in [0.2, 0.25) is 0 Å². The number of nitrogens with zero attached hydrogens (tertiary/aromatic N) is 3. The minimum Gasteiger partial charge on any atom is -0.454 e. The lowest BCUT2D eigenvalue weighted by atomic mass is 10.1. The summed E-state index contributed by atoms with van der Waals surface area (Å²) in [5.74, 6) is 1.54. The van der Waals surface area contributed by atoms with E-state index in [1.165, 1.54) is 0 Å². The molecule has 21 heavy (non-hydrogen) atoms. The van der Waals surface area contributed by atoms with E-state index in [4.69, 9.17) is 4.74 Å². The molecule has 0 fully saturated rings. The number of aromatic nitrogens is 3. The largest absolute Gasteiger partial charge is 0.454 e. The Hall–Kier alpha value is -1.88. The first-order valence-electron chi connectivity index (χ1n) is 7.36. The Morgan fingerprint density at radius 1 is 1.29 bits per heavy atom. The van der Waals surface area contributed by atoms with Crippen LogP contribution in [0, 0.1) is 0 Å². The van der Waals surface area contributed by atoms with E-state index >= 15 is 0 Å². The van der Waals surface area contributed by atoms with Crippen molar-refractivity contribution in [1.29, 1.82) is 0 Å². The normalized spacial score (nSPS) is 11.6. The molecule has 2 heterocycles. The predicted molar refractivity (Wildman–Crippen MR) is 83.4 cm³/mol. The fourth-order valence-electron chi connectivity index (χ4n) is 1.86. The molecule has 114 valence electrons. The van der Waals surface area contributed by atoms with Gasteiger partial charge >= 0.3 is 0 Å². The fraction of sp³-hybridized carbons (Fsp3) is 0.500. The number of nitrogens with one attached hydrogen (secondary N) is 1. The maximum atomic E-state index is 5.83. The van der Waals surface area contributed by atoms with E-state index in [1.807, 2.05) is 23.0 Å². The molecule has 5 heteroatoms. The zero-order valence-corrected chi connectivity index (χ0v) is 13.3. The van der Waals surface area contributed by atoms with E-state index in [0.29, 0.717) is 0 Å². The molecule has 2 aromatic heterocycles. The van der Waals surface area contributed by atoms with Gasteiger partial charge in [0.2, 0.25) is 0 Å². The van der Waals surface area contributed by atoms with Crippen LogP contribution in [0.15, 0.2) is 30.7 Å². The molecular formula is C16H24N4O. The highest BCUT2D eigenvalue weighted by atomic mass is 16.5. The van der Waals surface area contributed by atoms with Crippen molar-refractivity contribution in [2.75, 3.05) is 0 Å². The molecule has 2 rings (SSSR count). The fourth-order valence-corrected chi connectivity index (χ4v) is 1.86. The summed E-state index contributed by atoms with van der Waals surface area (Å²) in [5, 5.41) is 7.67. The second kappa shape index (κ2) is 6.72. The van der Waals surface area contributed by atoms with Crippen LogP contribution in [0.25, 0.3) is 0 Å². The highest BCUT2D eigenvalue weighted by Crippen LogP contribution is 2.21. The maximum Gasteiger partial charge on any atom is 0.165 e. The number of hydrogen-bond donors (Lipinski definition) is 1. The summed E-state index contributed by atoms with van der Waals surface area (Å²) in [4.78, 5) is 4.36. The van der Waals surface area contributed by atoms with Crippen molar-refractivity contribution in [3.8, 4) is 11.5 Å². The summed E-state index contributed by atoms with van der Waals surface area (Å²) in [6.45, 7) is 10.1. The molecule has 0 aliphatic carbocycles. The van der Waals surface area contributed by atoms with E-state index in [2.05, 4.69) is 43.1 Å². The van der Waals surface area contributed by atoms with Crippen molar-refractivity contribution in [2.24, 2.45) is 0 Å². The first-order chi connectivity index (χ1) is 9.96. The minimum absolute atomic E-state index is 0.0693. The van der Waals surface area contributed by atoms with Gasteiger partial charge in [-0.2, -0.15) is 5.10 Å². The van der Waals surface area contributed by atoms with E-state index in [9.17, 15) is 0 Å². The standard InChI is InChI=1S/C16H24N4O/c1-5-8-20-12-15(11-19-20)21-14-6-7-17-13(9-14)10-18-16(2,3)4/h6-7,9,11-12,18H,5,8,10H2,1-4H3. The molecular weight excluding hydrogens is 264 g/mol. The second-order valence-electron chi connectivity index (χ2n) is 6.13. The van der Waals surface area contributed by atoms with Gasteiger partial charge in [0.05, 0.1) is 18.1 Å². The molecule has 0 saturated heterocycles. The molecule has 0 radical (unpaired) electrons. The Balaban J connectivity index is 1.99. The summed E-state index contributed by atoms with van der Waals surface area (Å²) in [6, 6.07) is 3.81. The lowest BCUT2D eigenvalue weighted by molar-refractivity contribution is 0.419. The maximum absolute atomic E-state index is 5.83. The number of pyridine rings is 1. The van der Waals surface area contributed by atoms with Crippen molar-refractivity contribution in [3.63, 3.8) is 0 Å². The number of ether oxygens (including phenoxy) is 1. The van der Waals surface area contributed by atoms with Gasteiger partial charge in [-0.1, -0.05) is 6.92 Å². The third-order valence-electron chi connectivity index (χ3n) is 2.89. The van der Waals surface area contributed by atoms with Gasteiger partial charge in [0.1, 0.15) is 5.75 Å². The third-order valence-corrected chi connectivity index (χ3v) is 2.89. The van der Waals surface area contributed by atoms with E-state index in [-0.39, 0.29) is 5.54 Å². The second-order valence-corrected chi connectivity index (χ2v) is 6.13. The van der Waals surface area contributed by atoms with Gasteiger partial charge in [-0.3, -0.25) is 9.67 Å². The van der Waals surface area contributed by atoms with Gasteiger partial charge in [0, 0.05) is 30.9 Å². The first kappa shape index (κ1) is 15.5. The molecule has 0 aliphatic heterocycles. The average molecular weight is 288 g/mol. The lowest BCUT2D eigenvalue weighted by Gasteiger charge is -2.20. The van der Waals surface area contributed by atoms with Crippen LogP contribution >= 0.6 is 0 Å². The quantitative estimate of drug-likeness (QED) is 0.885. The van der Waals surface area contributed by atoms with Crippen molar-refractivity contribution in [3.05, 3.63) is 36.4 Å². The van der Waals surface area contributed by atoms with Gasteiger partial charge in [0.25, 0.3) is 0 Å². The average Bonchev–Trinajstić information content (AvgIpc) is 2.84. The SMILES string of the molecule is CCCn1cc(Oc2ccnc(CNC(C)(C)C)c2)cn1. The van der Waals surface area contributed by atoms with Gasteiger partial charge in [-0.05, 0) is 33.3 Å². The Morgan fingerprint density at radius 3 is 2.81 bits per heavy atom. The van der Waals surface area contributed by atoms with Crippen molar-refractivity contribution < 1.29 is 4.74 Å². The van der Waals surface area contributed by atoms with Gasteiger partial charge in [-0.15, -0.1) is 0 Å². The predicted octanol–water partition coefficient (Wildman–Crippen LogP) is 3.37. The van der Waals surface area contributed by atoms with Crippen molar-refractivity contribution in [2.45, 2.75) is 52.7 Å². The van der Waals surface area contributed by atoms with Crippen LogP contribution in [0.1, 0.15) is 39.8 Å². The zero-order chi connectivity index (χ0) is 15.3. The van der Waals surface area contributed by atoms with E-state index < -0.39 is 0 Å². The van der Waals surface area contributed by atoms with Gasteiger partial charge < -0.3 is 10.1 Å². The molecule has 0 atom stereocenters. The molecule has 1 N–H and O–H groups in total. The van der Waals surface area contributed by atoms with Crippen LogP contribution in [-0.2, 0) is 13.1 Å². The molecule has 0 aliphatic rings. The highest BCUT2D eigenvalue weighted by Gasteiger charge is 2.09. The summed E-state index contributed by atoms with van der Waals surface area (Å²) in [7, 11) is 0. The number of rotatable bonds is 6. The van der Waals surface area contributed by atoms with Crippen molar-refractivity contribution in [1.82, 2.24) is 20.1 Å². The van der Waals surface area contributed by atoms with Crippen LogP contribution in [0.5, 0.6) is 11.5 Å². The Bertz CT molecular complexity index is 572. The minimum atomic E-state index is 0.0693. The highest BCUT2D eigenvalue weighted by molar-refractivity contribution is 5.28. The molecule has 5 nitrogen and oxygen atoms in total. The molecule has 0 aromatic carbocycles. The zero-order valence-electron chi connectivity index (χ0n) is 13.3. The molecule has 0 saturated carbocycles. The Kier molecular flexibility index (Phi) is 4.96. The Labute approximate surface area is 126 Å². The first-order valence-corrected chi connectivity index (χ1v) is 7.36. The van der Waals surface area contributed by atoms with Crippen molar-refractivity contribution >= 4 is 0 Å². The van der Waals surface area contributed by atoms with E-state index in [1.54, 1.807) is 12.4 Å².